The van der Waals surface area contributed by atoms with Crippen LogP contribution < -0.4 is 5.32 Å². The van der Waals surface area contributed by atoms with Gasteiger partial charge in [-0.15, -0.1) is 5.10 Å². The molecule has 1 spiro atoms. The summed E-state index contributed by atoms with van der Waals surface area (Å²) >= 11 is 0. The number of aliphatic hydroxyl groups excluding tert-OH is 3. The lowest BCUT2D eigenvalue weighted by atomic mass is 9.78. The Balaban J connectivity index is 1.69. The number of piperidine rings is 1. The number of aromatic nitrogens is 3. The highest BCUT2D eigenvalue weighted by molar-refractivity contribution is 5.57. The van der Waals surface area contributed by atoms with E-state index in [0.717, 1.165) is 25.1 Å². The van der Waals surface area contributed by atoms with Crippen LogP contribution in [-0.2, 0) is 4.74 Å². The number of benzene rings is 1. The molecule has 4 rings (SSSR count). The molecule has 5 atom stereocenters. The molecular formula is C18H21F3N4O4. The number of ether oxygens (including phenoxy) is 1. The van der Waals surface area contributed by atoms with Crippen LogP contribution in [0, 0.1) is 17.5 Å². The largest absolute Gasteiger partial charge is 0.394 e. The Morgan fingerprint density at radius 1 is 1.24 bits per heavy atom. The Hall–Kier alpha value is -2.05. The van der Waals surface area contributed by atoms with Crippen molar-refractivity contribution < 1.29 is 33.2 Å². The van der Waals surface area contributed by atoms with E-state index < -0.39 is 54.0 Å². The van der Waals surface area contributed by atoms with Gasteiger partial charge in [-0.1, -0.05) is 5.21 Å². The second kappa shape index (κ2) is 7.65. The molecule has 0 aliphatic carbocycles. The SMILES string of the molecule is OC[C@H]1O[C@@]2(CCCNC2)[C@H](O)[C@@H](n2cc(-c3cc(F)c(F)c(F)c3)nn2)[C@H]1O. The molecule has 8 nitrogen and oxygen atoms in total. The fourth-order valence-electron chi connectivity index (χ4n) is 4.12. The maximum Gasteiger partial charge on any atom is 0.194 e. The molecule has 29 heavy (non-hydrogen) atoms. The highest BCUT2D eigenvalue weighted by atomic mass is 19.2. The zero-order valence-corrected chi connectivity index (χ0v) is 15.3. The Labute approximate surface area is 163 Å². The summed E-state index contributed by atoms with van der Waals surface area (Å²) in [7, 11) is 0. The van der Waals surface area contributed by atoms with Crippen LogP contribution in [-0.4, -0.2) is 73.9 Å². The predicted molar refractivity (Wildman–Crippen MR) is 93.2 cm³/mol. The Morgan fingerprint density at radius 2 is 1.97 bits per heavy atom. The lowest BCUT2D eigenvalue weighted by Gasteiger charge is -2.51. The van der Waals surface area contributed by atoms with E-state index in [0.29, 0.717) is 13.0 Å². The second-order valence-corrected chi connectivity index (χ2v) is 7.45. The third-order valence-corrected chi connectivity index (χ3v) is 5.63. The summed E-state index contributed by atoms with van der Waals surface area (Å²) in [6, 6.07) is 0.552. The third kappa shape index (κ3) is 3.42. The number of nitrogens with zero attached hydrogens (tertiary/aromatic N) is 3. The molecule has 2 aliphatic rings. The number of hydrogen-bond donors (Lipinski definition) is 4. The average molecular weight is 414 g/mol. The number of halogens is 3. The molecule has 0 bridgehead atoms. The Bertz CT molecular complexity index is 867. The van der Waals surface area contributed by atoms with E-state index in [2.05, 4.69) is 15.6 Å². The molecule has 2 saturated heterocycles. The van der Waals surface area contributed by atoms with Gasteiger partial charge < -0.3 is 25.4 Å². The van der Waals surface area contributed by atoms with E-state index in [9.17, 15) is 28.5 Å². The fourth-order valence-corrected chi connectivity index (χ4v) is 4.12. The number of hydrogen-bond acceptors (Lipinski definition) is 7. The predicted octanol–water partition coefficient (Wildman–Crippen LogP) is 0.139. The monoisotopic (exact) mass is 414 g/mol. The third-order valence-electron chi connectivity index (χ3n) is 5.63. The van der Waals surface area contributed by atoms with Gasteiger partial charge in [0, 0.05) is 12.1 Å². The van der Waals surface area contributed by atoms with Crippen molar-refractivity contribution in [1.82, 2.24) is 20.3 Å². The van der Waals surface area contributed by atoms with E-state index in [-0.39, 0.29) is 11.3 Å². The molecule has 2 fully saturated rings. The first kappa shape index (κ1) is 20.2. The van der Waals surface area contributed by atoms with Gasteiger partial charge in [0.15, 0.2) is 17.5 Å². The molecule has 3 heterocycles. The molecule has 4 N–H and O–H groups in total. The van der Waals surface area contributed by atoms with Crippen LogP contribution in [0.5, 0.6) is 0 Å². The normalized spacial score (nSPS) is 32.6. The lowest BCUT2D eigenvalue weighted by molar-refractivity contribution is -0.259. The molecule has 1 aromatic heterocycles. The van der Waals surface area contributed by atoms with Crippen LogP contribution in [0.2, 0.25) is 0 Å². The summed E-state index contributed by atoms with van der Waals surface area (Å²) in [6.45, 7) is 0.607. The van der Waals surface area contributed by atoms with Crippen molar-refractivity contribution in [2.75, 3.05) is 19.7 Å². The zero-order valence-electron chi connectivity index (χ0n) is 15.3. The van der Waals surface area contributed by atoms with Crippen LogP contribution in [0.3, 0.4) is 0 Å². The van der Waals surface area contributed by atoms with E-state index in [1.54, 1.807) is 0 Å². The fraction of sp³-hybridized carbons (Fsp3) is 0.556. The Morgan fingerprint density at radius 3 is 2.59 bits per heavy atom. The molecule has 2 aromatic rings. The number of nitrogens with one attached hydrogen (secondary N) is 1. The zero-order chi connectivity index (χ0) is 20.8. The highest BCUT2D eigenvalue weighted by Gasteiger charge is 2.55. The summed E-state index contributed by atoms with van der Waals surface area (Å²) in [4.78, 5) is 0. The van der Waals surface area contributed by atoms with Crippen molar-refractivity contribution in [3.63, 3.8) is 0 Å². The second-order valence-electron chi connectivity index (χ2n) is 7.45. The summed E-state index contributed by atoms with van der Waals surface area (Å²) in [5, 5.41) is 42.2. The molecule has 0 saturated carbocycles. The van der Waals surface area contributed by atoms with Crippen molar-refractivity contribution in [3.8, 4) is 11.3 Å². The summed E-state index contributed by atoms with van der Waals surface area (Å²) in [5.41, 5.74) is -1.04. The summed E-state index contributed by atoms with van der Waals surface area (Å²) < 4.78 is 47.3. The first-order chi connectivity index (χ1) is 13.9. The standard InChI is InChI=1S/C18H21F3N4O4/c19-10-4-9(5-11(20)14(10)21)12-6-25(24-23-12)15-16(27)13(7-26)29-18(17(15)28)2-1-3-22-8-18/h4-6,13,15-17,22,26-28H,1-3,7-8H2/t13-,15+,16+,17-,18-/m1/s1. The van der Waals surface area contributed by atoms with Gasteiger partial charge in [-0.2, -0.15) is 0 Å². The molecule has 2 aliphatic heterocycles. The van der Waals surface area contributed by atoms with Crippen LogP contribution in [0.15, 0.2) is 18.3 Å². The van der Waals surface area contributed by atoms with Crippen LogP contribution in [0.1, 0.15) is 18.9 Å². The van der Waals surface area contributed by atoms with Gasteiger partial charge in [0.2, 0.25) is 0 Å². The van der Waals surface area contributed by atoms with Gasteiger partial charge in [0.05, 0.1) is 12.8 Å². The minimum absolute atomic E-state index is 0.0325. The first-order valence-electron chi connectivity index (χ1n) is 9.28. The van der Waals surface area contributed by atoms with Gasteiger partial charge in [0.25, 0.3) is 0 Å². The van der Waals surface area contributed by atoms with E-state index >= 15 is 0 Å². The van der Waals surface area contributed by atoms with Gasteiger partial charge >= 0.3 is 0 Å². The molecular weight excluding hydrogens is 393 g/mol. The molecule has 11 heteroatoms. The minimum Gasteiger partial charge on any atom is -0.394 e. The van der Waals surface area contributed by atoms with Crippen molar-refractivity contribution in [3.05, 3.63) is 35.8 Å². The van der Waals surface area contributed by atoms with Crippen LogP contribution >= 0.6 is 0 Å². The molecule has 1 aromatic carbocycles. The van der Waals surface area contributed by atoms with Crippen molar-refractivity contribution in [1.29, 1.82) is 0 Å². The maximum absolute atomic E-state index is 13.5. The van der Waals surface area contributed by atoms with Crippen molar-refractivity contribution >= 4 is 0 Å². The number of aliphatic hydroxyl groups is 3. The van der Waals surface area contributed by atoms with E-state index in [4.69, 9.17) is 4.74 Å². The van der Waals surface area contributed by atoms with Crippen molar-refractivity contribution in [2.24, 2.45) is 0 Å². The van der Waals surface area contributed by atoms with Gasteiger partial charge in [0.1, 0.15) is 35.6 Å². The molecule has 0 radical (unpaired) electrons. The molecule has 158 valence electrons. The summed E-state index contributed by atoms with van der Waals surface area (Å²) in [5.74, 6) is -4.32. The average Bonchev–Trinajstić information content (AvgIpc) is 3.19. The minimum atomic E-state index is -1.59. The highest BCUT2D eigenvalue weighted by Crippen LogP contribution is 2.40. The lowest BCUT2D eigenvalue weighted by Crippen LogP contribution is -2.67. The van der Waals surface area contributed by atoms with Gasteiger partial charge in [-0.05, 0) is 31.5 Å². The topological polar surface area (TPSA) is 113 Å². The van der Waals surface area contributed by atoms with Crippen LogP contribution in [0.25, 0.3) is 11.3 Å². The van der Waals surface area contributed by atoms with Crippen molar-refractivity contribution in [2.45, 2.75) is 42.8 Å². The van der Waals surface area contributed by atoms with E-state index in [1.807, 2.05) is 0 Å². The van der Waals surface area contributed by atoms with E-state index in [1.165, 1.54) is 10.9 Å². The molecule has 0 unspecified atom stereocenters. The number of rotatable bonds is 3. The van der Waals surface area contributed by atoms with Crippen LogP contribution in [0.4, 0.5) is 13.2 Å². The Kier molecular flexibility index (Phi) is 5.34. The molecule has 0 amide bonds. The maximum atomic E-state index is 13.5. The quantitative estimate of drug-likeness (QED) is 0.529. The smallest absolute Gasteiger partial charge is 0.194 e. The van der Waals surface area contributed by atoms with Gasteiger partial charge in [-0.3, -0.25) is 0 Å². The first-order valence-corrected chi connectivity index (χ1v) is 9.28. The summed E-state index contributed by atoms with van der Waals surface area (Å²) in [6.07, 6.45) is -0.918. The van der Waals surface area contributed by atoms with Gasteiger partial charge in [-0.25, -0.2) is 17.9 Å².